The number of carbonyl (C=O) groups excluding carboxylic acids is 1. The molecule has 2 rings (SSSR count). The first-order chi connectivity index (χ1) is 10.0. The molecule has 1 fully saturated rings. The molecule has 22 heavy (non-hydrogen) atoms. The second-order valence-electron chi connectivity index (χ2n) is 4.89. The van der Waals surface area contributed by atoms with Crippen molar-refractivity contribution in [3.05, 3.63) is 29.8 Å². The number of nitrogens with one attached hydrogen (secondary N) is 2. The van der Waals surface area contributed by atoms with E-state index in [2.05, 4.69) is 10.0 Å². The molecule has 1 aromatic rings. The number of halogens is 1. The molecule has 0 amide bonds. The monoisotopic (exact) mass is 348 g/mol. The van der Waals surface area contributed by atoms with E-state index in [4.69, 9.17) is 4.74 Å². The van der Waals surface area contributed by atoms with Gasteiger partial charge in [0.1, 0.15) is 0 Å². The summed E-state index contributed by atoms with van der Waals surface area (Å²) in [6.07, 6.45) is 2.05. The summed E-state index contributed by atoms with van der Waals surface area (Å²) >= 11 is 0. The summed E-state index contributed by atoms with van der Waals surface area (Å²) in [6.45, 7) is 3.31. The van der Waals surface area contributed by atoms with Gasteiger partial charge < -0.3 is 10.1 Å². The lowest BCUT2D eigenvalue weighted by Crippen LogP contribution is -2.37. The molecule has 1 aromatic carbocycles. The van der Waals surface area contributed by atoms with Crippen LogP contribution in [0.4, 0.5) is 0 Å². The van der Waals surface area contributed by atoms with Crippen LogP contribution in [0, 0.1) is 0 Å². The SMILES string of the molecule is CCOC(=O)c1ccc(S(=O)(=O)NCC2CCCN2)cc1.Cl. The van der Waals surface area contributed by atoms with Crippen molar-refractivity contribution in [3.63, 3.8) is 0 Å². The van der Waals surface area contributed by atoms with Gasteiger partial charge in [-0.3, -0.25) is 0 Å². The number of sulfonamides is 1. The predicted octanol–water partition coefficient (Wildman–Crippen LogP) is 1.32. The van der Waals surface area contributed by atoms with Crippen molar-refractivity contribution in [1.82, 2.24) is 10.0 Å². The zero-order valence-electron chi connectivity index (χ0n) is 12.4. The molecule has 0 saturated carbocycles. The number of carbonyl (C=O) groups is 1. The molecular formula is C14H21ClN2O4S. The van der Waals surface area contributed by atoms with Crippen molar-refractivity contribution >= 4 is 28.4 Å². The van der Waals surface area contributed by atoms with Crippen molar-refractivity contribution in [2.24, 2.45) is 0 Å². The van der Waals surface area contributed by atoms with E-state index >= 15 is 0 Å². The van der Waals surface area contributed by atoms with Gasteiger partial charge in [0.2, 0.25) is 10.0 Å². The Hall–Kier alpha value is -1.15. The van der Waals surface area contributed by atoms with Crippen LogP contribution in [0.5, 0.6) is 0 Å². The highest BCUT2D eigenvalue weighted by atomic mass is 35.5. The number of benzene rings is 1. The van der Waals surface area contributed by atoms with Crippen LogP contribution in [-0.4, -0.2) is 40.1 Å². The lowest BCUT2D eigenvalue weighted by Gasteiger charge is -2.12. The summed E-state index contributed by atoms with van der Waals surface area (Å²) < 4.78 is 31.7. The lowest BCUT2D eigenvalue weighted by molar-refractivity contribution is 0.0526. The van der Waals surface area contributed by atoms with Gasteiger partial charge in [-0.15, -0.1) is 12.4 Å². The fraction of sp³-hybridized carbons (Fsp3) is 0.500. The third-order valence-corrected chi connectivity index (χ3v) is 4.80. The Morgan fingerprint density at radius 2 is 2.05 bits per heavy atom. The second kappa shape index (κ2) is 8.47. The van der Waals surface area contributed by atoms with E-state index in [9.17, 15) is 13.2 Å². The number of hydrogen-bond acceptors (Lipinski definition) is 5. The summed E-state index contributed by atoms with van der Waals surface area (Å²) in [6, 6.07) is 5.94. The van der Waals surface area contributed by atoms with Crippen LogP contribution < -0.4 is 10.0 Å². The number of ether oxygens (including phenoxy) is 1. The topological polar surface area (TPSA) is 84.5 Å². The Balaban J connectivity index is 0.00000242. The predicted molar refractivity (Wildman–Crippen MR) is 85.9 cm³/mol. The normalized spacial score (nSPS) is 17.8. The van der Waals surface area contributed by atoms with E-state index < -0.39 is 16.0 Å². The summed E-state index contributed by atoms with van der Waals surface area (Å²) in [5, 5.41) is 3.23. The van der Waals surface area contributed by atoms with Crippen LogP contribution in [0.3, 0.4) is 0 Å². The zero-order valence-corrected chi connectivity index (χ0v) is 14.0. The molecule has 1 aliphatic rings. The molecular weight excluding hydrogens is 328 g/mol. The summed E-state index contributed by atoms with van der Waals surface area (Å²) in [5.41, 5.74) is 0.341. The van der Waals surface area contributed by atoms with Crippen LogP contribution >= 0.6 is 12.4 Å². The van der Waals surface area contributed by atoms with Crippen molar-refractivity contribution < 1.29 is 17.9 Å². The van der Waals surface area contributed by atoms with Gasteiger partial charge >= 0.3 is 5.97 Å². The first-order valence-corrected chi connectivity index (χ1v) is 8.51. The highest BCUT2D eigenvalue weighted by Crippen LogP contribution is 2.12. The van der Waals surface area contributed by atoms with Crippen molar-refractivity contribution in [3.8, 4) is 0 Å². The molecule has 6 nitrogen and oxygen atoms in total. The highest BCUT2D eigenvalue weighted by molar-refractivity contribution is 7.89. The lowest BCUT2D eigenvalue weighted by atomic mass is 10.2. The first kappa shape index (κ1) is 18.9. The molecule has 1 aliphatic heterocycles. The summed E-state index contributed by atoms with van der Waals surface area (Å²) in [4.78, 5) is 11.7. The Bertz CT molecular complexity index is 583. The van der Waals surface area contributed by atoms with E-state index in [1.165, 1.54) is 24.3 Å². The van der Waals surface area contributed by atoms with Crippen LogP contribution in [-0.2, 0) is 14.8 Å². The van der Waals surface area contributed by atoms with Gasteiger partial charge in [-0.25, -0.2) is 17.9 Å². The maximum absolute atomic E-state index is 12.1. The van der Waals surface area contributed by atoms with E-state index in [0.717, 1.165) is 19.4 Å². The minimum Gasteiger partial charge on any atom is -0.462 e. The molecule has 0 radical (unpaired) electrons. The average Bonchev–Trinajstić information content (AvgIpc) is 2.99. The Labute approximate surface area is 137 Å². The van der Waals surface area contributed by atoms with Crippen molar-refractivity contribution in [1.29, 1.82) is 0 Å². The van der Waals surface area contributed by atoms with E-state index in [1.807, 2.05) is 0 Å². The van der Waals surface area contributed by atoms with Gasteiger partial charge in [0, 0.05) is 12.6 Å². The molecule has 0 bridgehead atoms. The third kappa shape index (κ3) is 4.95. The number of hydrogen-bond donors (Lipinski definition) is 2. The molecule has 0 spiro atoms. The quantitative estimate of drug-likeness (QED) is 0.757. The minimum absolute atomic E-state index is 0. The van der Waals surface area contributed by atoms with Crippen LogP contribution in [0.1, 0.15) is 30.1 Å². The largest absolute Gasteiger partial charge is 0.462 e. The number of esters is 1. The van der Waals surface area contributed by atoms with Gasteiger partial charge in [-0.1, -0.05) is 0 Å². The zero-order chi connectivity index (χ0) is 15.3. The Morgan fingerprint density at radius 3 is 2.59 bits per heavy atom. The fourth-order valence-electron chi connectivity index (χ4n) is 2.21. The molecule has 124 valence electrons. The minimum atomic E-state index is -3.54. The van der Waals surface area contributed by atoms with Gasteiger partial charge in [0.15, 0.2) is 0 Å². The summed E-state index contributed by atoms with van der Waals surface area (Å²) in [5.74, 6) is -0.454. The molecule has 8 heteroatoms. The number of rotatable bonds is 6. The van der Waals surface area contributed by atoms with Crippen LogP contribution in [0.15, 0.2) is 29.2 Å². The molecule has 1 heterocycles. The maximum Gasteiger partial charge on any atom is 0.338 e. The fourth-order valence-corrected chi connectivity index (χ4v) is 3.29. The Morgan fingerprint density at radius 1 is 1.36 bits per heavy atom. The maximum atomic E-state index is 12.1. The highest BCUT2D eigenvalue weighted by Gasteiger charge is 2.19. The average molecular weight is 349 g/mol. The van der Waals surface area contributed by atoms with Gasteiger partial charge in [0.05, 0.1) is 17.1 Å². The Kier molecular flexibility index (Phi) is 7.28. The van der Waals surface area contributed by atoms with Crippen LogP contribution in [0.25, 0.3) is 0 Å². The van der Waals surface area contributed by atoms with E-state index in [-0.39, 0.29) is 30.0 Å². The van der Waals surface area contributed by atoms with E-state index in [1.54, 1.807) is 6.92 Å². The van der Waals surface area contributed by atoms with E-state index in [0.29, 0.717) is 12.1 Å². The molecule has 1 atom stereocenters. The van der Waals surface area contributed by atoms with Crippen LogP contribution in [0.2, 0.25) is 0 Å². The summed E-state index contributed by atoms with van der Waals surface area (Å²) in [7, 11) is -3.54. The molecule has 1 saturated heterocycles. The molecule has 0 aliphatic carbocycles. The molecule has 2 N–H and O–H groups in total. The smallest absolute Gasteiger partial charge is 0.338 e. The molecule has 1 unspecified atom stereocenters. The van der Waals surface area contributed by atoms with Gasteiger partial charge in [-0.2, -0.15) is 0 Å². The van der Waals surface area contributed by atoms with Gasteiger partial charge in [0.25, 0.3) is 0 Å². The standard InChI is InChI=1S/C14H20N2O4S.ClH/c1-2-20-14(17)11-5-7-13(8-6-11)21(18,19)16-10-12-4-3-9-15-12;/h5-8,12,15-16H,2-4,9-10H2,1H3;1H. The third-order valence-electron chi connectivity index (χ3n) is 3.36. The second-order valence-corrected chi connectivity index (χ2v) is 6.66. The molecule has 0 aromatic heterocycles. The first-order valence-electron chi connectivity index (χ1n) is 7.03. The van der Waals surface area contributed by atoms with Gasteiger partial charge in [-0.05, 0) is 50.6 Å². The van der Waals surface area contributed by atoms with Crippen molar-refractivity contribution in [2.45, 2.75) is 30.7 Å². The van der Waals surface area contributed by atoms with Crippen molar-refractivity contribution in [2.75, 3.05) is 19.7 Å².